The van der Waals surface area contributed by atoms with Crippen molar-refractivity contribution in [3.05, 3.63) is 144 Å². The zero-order chi connectivity index (χ0) is 27.7. The van der Waals surface area contributed by atoms with Crippen LogP contribution >= 0.6 is 0 Å². The van der Waals surface area contributed by atoms with Crippen LogP contribution in [0.5, 0.6) is 0 Å². The van der Waals surface area contributed by atoms with E-state index in [2.05, 4.69) is 36.4 Å². The first kappa shape index (κ1) is 27.8. The molecule has 6 atom stereocenters. The second kappa shape index (κ2) is 14.0. The van der Waals surface area contributed by atoms with Gasteiger partial charge in [0.2, 0.25) is 0 Å². The summed E-state index contributed by atoms with van der Waals surface area (Å²) in [5.74, 6) is 0. The largest absolute Gasteiger partial charge is 0.374 e. The van der Waals surface area contributed by atoms with Crippen molar-refractivity contribution in [2.24, 2.45) is 0 Å². The number of rotatable bonds is 13. The highest BCUT2D eigenvalue weighted by Gasteiger charge is 2.57. The van der Waals surface area contributed by atoms with Gasteiger partial charge in [-0.1, -0.05) is 121 Å². The number of hydrogen-bond acceptors (Lipinski definition) is 6. The summed E-state index contributed by atoms with van der Waals surface area (Å²) in [7, 11) is 0. The summed E-state index contributed by atoms with van der Waals surface area (Å²) in [5, 5.41) is 0. The lowest BCUT2D eigenvalue weighted by atomic mass is 9.97. The monoisotopic (exact) mass is 552 g/mol. The first-order valence-corrected chi connectivity index (χ1v) is 14.2. The van der Waals surface area contributed by atoms with Gasteiger partial charge >= 0.3 is 0 Å². The number of fused-ring (bicyclic) bond motifs is 2. The van der Waals surface area contributed by atoms with Crippen LogP contribution in [-0.4, -0.2) is 43.4 Å². The van der Waals surface area contributed by atoms with E-state index in [1.54, 1.807) is 0 Å². The third-order valence-electron chi connectivity index (χ3n) is 7.46. The van der Waals surface area contributed by atoms with E-state index < -0.39 is 24.6 Å². The van der Waals surface area contributed by atoms with Gasteiger partial charge in [0.25, 0.3) is 0 Å². The molecule has 6 nitrogen and oxygen atoms in total. The number of benzene rings is 4. The minimum Gasteiger partial charge on any atom is -0.374 e. The van der Waals surface area contributed by atoms with Gasteiger partial charge in [-0.3, -0.25) is 0 Å². The topological polar surface area (TPSA) is 55.4 Å². The summed E-state index contributed by atoms with van der Waals surface area (Å²) in [5.41, 5.74) is 4.34. The molecule has 2 aliphatic rings. The van der Waals surface area contributed by atoms with Gasteiger partial charge in [-0.05, 0) is 22.3 Å². The SMILES string of the molecule is c1ccc(COC[C@H]2O[C@H]3O[C@H]2[C@@H](OCc2ccccc2)[C@H](OCc2ccccc2)[C@@H]3OCc2ccccc2)cc1. The lowest BCUT2D eigenvalue weighted by Gasteiger charge is -2.40. The lowest BCUT2D eigenvalue weighted by Crippen LogP contribution is -2.57. The Morgan fingerprint density at radius 2 is 0.854 bits per heavy atom. The molecule has 212 valence electrons. The van der Waals surface area contributed by atoms with E-state index in [0.717, 1.165) is 22.3 Å². The van der Waals surface area contributed by atoms with E-state index in [0.29, 0.717) is 33.0 Å². The van der Waals surface area contributed by atoms with Gasteiger partial charge in [0, 0.05) is 0 Å². The number of ether oxygens (including phenoxy) is 6. The Morgan fingerprint density at radius 3 is 1.34 bits per heavy atom. The van der Waals surface area contributed by atoms with Crippen LogP contribution in [0, 0.1) is 0 Å². The van der Waals surface area contributed by atoms with Crippen molar-refractivity contribution in [1.82, 2.24) is 0 Å². The summed E-state index contributed by atoms with van der Waals surface area (Å²) in [6.07, 6.45) is -2.61. The van der Waals surface area contributed by atoms with Crippen molar-refractivity contribution in [1.29, 1.82) is 0 Å². The Bertz CT molecular complexity index is 1300. The van der Waals surface area contributed by atoms with E-state index in [9.17, 15) is 0 Å². The third-order valence-corrected chi connectivity index (χ3v) is 7.46. The van der Waals surface area contributed by atoms with E-state index in [1.807, 2.05) is 84.9 Å². The molecule has 2 aliphatic heterocycles. The Morgan fingerprint density at radius 1 is 0.439 bits per heavy atom. The fourth-order valence-corrected chi connectivity index (χ4v) is 5.35. The average molecular weight is 553 g/mol. The molecule has 6 heteroatoms. The Hall–Kier alpha value is -3.36. The Labute approximate surface area is 241 Å². The molecule has 2 bridgehead atoms. The van der Waals surface area contributed by atoms with Gasteiger partial charge in [-0.15, -0.1) is 0 Å². The van der Waals surface area contributed by atoms with E-state index in [-0.39, 0.29) is 12.2 Å². The molecule has 0 unspecified atom stereocenters. The lowest BCUT2D eigenvalue weighted by molar-refractivity contribution is -0.268. The van der Waals surface area contributed by atoms with Gasteiger partial charge in [0.1, 0.15) is 30.5 Å². The predicted molar refractivity (Wildman–Crippen MR) is 155 cm³/mol. The van der Waals surface area contributed by atoms with Crippen LogP contribution in [0.15, 0.2) is 121 Å². The molecule has 0 saturated carbocycles. The molecular formula is C35H36O6. The van der Waals surface area contributed by atoms with Crippen LogP contribution in [0.25, 0.3) is 0 Å². The maximum absolute atomic E-state index is 6.62. The second-order valence-electron chi connectivity index (χ2n) is 10.4. The van der Waals surface area contributed by atoms with Crippen molar-refractivity contribution in [2.45, 2.75) is 63.2 Å². The molecule has 0 spiro atoms. The van der Waals surface area contributed by atoms with Crippen LogP contribution in [-0.2, 0) is 54.8 Å². The average Bonchev–Trinajstić information content (AvgIpc) is 3.40. The van der Waals surface area contributed by atoms with Crippen LogP contribution in [0.2, 0.25) is 0 Å². The van der Waals surface area contributed by atoms with Gasteiger partial charge in [0.05, 0.1) is 33.0 Å². The highest BCUT2D eigenvalue weighted by Crippen LogP contribution is 2.38. The standard InChI is InChI=1S/C35H36O6/c1-5-13-26(14-6-1)21-36-25-30-31-32(37-22-27-15-7-2-8-16-27)33(38-23-28-17-9-3-10-18-28)34(35(40-30)41-31)39-24-29-19-11-4-12-20-29/h1-20,30-35H,21-25H2/t30-,31-,32-,33+,34+,35+/m1/s1. The van der Waals surface area contributed by atoms with E-state index in [4.69, 9.17) is 28.4 Å². The molecule has 41 heavy (non-hydrogen) atoms. The fraction of sp³-hybridized carbons (Fsp3) is 0.314. The quantitative estimate of drug-likeness (QED) is 0.200. The minimum atomic E-state index is -0.591. The molecular weight excluding hydrogens is 516 g/mol. The molecule has 0 radical (unpaired) electrons. The highest BCUT2D eigenvalue weighted by molar-refractivity contribution is 5.16. The molecule has 4 aromatic carbocycles. The van der Waals surface area contributed by atoms with Crippen molar-refractivity contribution >= 4 is 0 Å². The molecule has 2 heterocycles. The minimum absolute atomic E-state index is 0.322. The van der Waals surface area contributed by atoms with Crippen LogP contribution in [0.3, 0.4) is 0 Å². The molecule has 4 aromatic rings. The molecule has 0 aromatic heterocycles. The first-order chi connectivity index (χ1) is 20.3. The maximum atomic E-state index is 6.62. The van der Waals surface area contributed by atoms with Gasteiger partial charge in [-0.25, -0.2) is 0 Å². The zero-order valence-electron chi connectivity index (χ0n) is 23.0. The van der Waals surface area contributed by atoms with Crippen molar-refractivity contribution in [3.63, 3.8) is 0 Å². The van der Waals surface area contributed by atoms with Crippen molar-refractivity contribution in [3.8, 4) is 0 Å². The van der Waals surface area contributed by atoms with Gasteiger partial charge in [-0.2, -0.15) is 0 Å². The number of hydrogen-bond donors (Lipinski definition) is 0. The summed E-state index contributed by atoms with van der Waals surface area (Å²) in [4.78, 5) is 0. The van der Waals surface area contributed by atoms with Crippen LogP contribution in [0.4, 0.5) is 0 Å². The van der Waals surface area contributed by atoms with Gasteiger partial charge < -0.3 is 28.4 Å². The summed E-state index contributed by atoms with van der Waals surface area (Å²) in [6, 6.07) is 40.5. The fourth-order valence-electron chi connectivity index (χ4n) is 5.35. The third kappa shape index (κ3) is 7.29. The van der Waals surface area contributed by atoms with E-state index >= 15 is 0 Å². The highest BCUT2D eigenvalue weighted by atomic mass is 16.8. The Balaban J connectivity index is 1.22. The first-order valence-electron chi connectivity index (χ1n) is 14.2. The van der Waals surface area contributed by atoms with Crippen molar-refractivity contribution in [2.75, 3.05) is 6.61 Å². The summed E-state index contributed by atoms with van der Waals surface area (Å²) >= 11 is 0. The van der Waals surface area contributed by atoms with Crippen LogP contribution in [0.1, 0.15) is 22.3 Å². The second-order valence-corrected chi connectivity index (χ2v) is 10.4. The smallest absolute Gasteiger partial charge is 0.187 e. The molecule has 2 fully saturated rings. The molecule has 2 saturated heterocycles. The summed E-state index contributed by atoms with van der Waals surface area (Å²) < 4.78 is 38.8. The maximum Gasteiger partial charge on any atom is 0.187 e. The normalized spacial score (nSPS) is 25.3. The summed E-state index contributed by atoms with van der Waals surface area (Å²) in [6.45, 7) is 2.12. The predicted octanol–water partition coefficient (Wildman–Crippen LogP) is 6.08. The molecule has 0 N–H and O–H groups in total. The van der Waals surface area contributed by atoms with Crippen LogP contribution < -0.4 is 0 Å². The van der Waals surface area contributed by atoms with Gasteiger partial charge in [0.15, 0.2) is 6.29 Å². The molecule has 6 rings (SSSR count). The Kier molecular flexibility index (Phi) is 9.50. The zero-order valence-corrected chi connectivity index (χ0v) is 23.0. The van der Waals surface area contributed by atoms with Crippen molar-refractivity contribution < 1.29 is 28.4 Å². The molecule has 0 aliphatic carbocycles. The van der Waals surface area contributed by atoms with E-state index in [1.165, 1.54) is 0 Å². The molecule has 0 amide bonds.